The summed E-state index contributed by atoms with van der Waals surface area (Å²) in [5, 5.41) is 5.67. The van der Waals surface area contributed by atoms with E-state index in [4.69, 9.17) is 0 Å². The van der Waals surface area contributed by atoms with Crippen LogP contribution in [0.25, 0.3) is 0 Å². The maximum absolute atomic E-state index is 12.5. The van der Waals surface area contributed by atoms with Crippen LogP contribution < -0.4 is 10.6 Å². The highest BCUT2D eigenvalue weighted by molar-refractivity contribution is 6.03. The minimum Gasteiger partial charge on any atom is -0.350 e. The molecule has 0 saturated carbocycles. The molecule has 29 heavy (non-hydrogen) atoms. The van der Waals surface area contributed by atoms with Gasteiger partial charge in [0.1, 0.15) is 11.4 Å². The van der Waals surface area contributed by atoms with E-state index in [0.29, 0.717) is 18.2 Å². The zero-order chi connectivity index (χ0) is 20.6. The van der Waals surface area contributed by atoms with Crippen LogP contribution in [0.2, 0.25) is 0 Å². The molecule has 2 amide bonds. The average molecular weight is 387 g/mol. The van der Waals surface area contributed by atoms with Gasteiger partial charge in [-0.3, -0.25) is 9.59 Å². The van der Waals surface area contributed by atoms with E-state index in [1.54, 1.807) is 18.2 Å². The maximum atomic E-state index is 12.5. The lowest BCUT2D eigenvalue weighted by Gasteiger charge is -2.09. The number of nitrogens with zero attached hydrogens (tertiary/aromatic N) is 1. The van der Waals surface area contributed by atoms with Crippen molar-refractivity contribution in [1.82, 2.24) is 10.3 Å². The fourth-order valence-electron chi connectivity index (χ4n) is 2.89. The molecule has 0 fully saturated rings. The Kier molecular flexibility index (Phi) is 6.74. The highest BCUT2D eigenvalue weighted by Crippen LogP contribution is 2.17. The van der Waals surface area contributed by atoms with Crippen LogP contribution in [0.15, 0.2) is 72.8 Å². The number of amides is 2. The lowest BCUT2D eigenvalue weighted by Crippen LogP contribution is -2.27. The monoisotopic (exact) mass is 387 g/mol. The van der Waals surface area contributed by atoms with Crippen LogP contribution in [-0.2, 0) is 6.42 Å². The first-order chi connectivity index (χ1) is 14.0. The second kappa shape index (κ2) is 9.64. The summed E-state index contributed by atoms with van der Waals surface area (Å²) in [4.78, 5) is 29.1. The maximum Gasteiger partial charge on any atom is 0.274 e. The zero-order valence-corrected chi connectivity index (χ0v) is 16.7. The van der Waals surface area contributed by atoms with Crippen LogP contribution in [0.1, 0.15) is 51.9 Å². The molecule has 5 heteroatoms. The molecule has 148 valence electrons. The number of carbonyl (C=O) groups is 2. The van der Waals surface area contributed by atoms with Gasteiger partial charge < -0.3 is 10.6 Å². The Morgan fingerprint density at radius 2 is 1.48 bits per heavy atom. The van der Waals surface area contributed by atoms with E-state index in [9.17, 15) is 9.59 Å². The number of rotatable bonds is 7. The quantitative estimate of drug-likeness (QED) is 0.630. The van der Waals surface area contributed by atoms with Crippen LogP contribution in [0, 0.1) is 0 Å². The van der Waals surface area contributed by atoms with Crippen LogP contribution in [0.4, 0.5) is 5.69 Å². The van der Waals surface area contributed by atoms with Crippen molar-refractivity contribution < 1.29 is 9.59 Å². The molecule has 0 atom stereocenters. The molecule has 0 radical (unpaired) electrons. The van der Waals surface area contributed by atoms with E-state index < -0.39 is 0 Å². The number of benzene rings is 2. The number of pyridine rings is 1. The molecule has 3 aromatic rings. The minimum absolute atomic E-state index is 0.202. The molecule has 5 nitrogen and oxygen atoms in total. The topological polar surface area (TPSA) is 71.1 Å². The molecule has 1 aromatic heterocycles. The fourth-order valence-corrected chi connectivity index (χ4v) is 2.89. The highest BCUT2D eigenvalue weighted by Gasteiger charge is 2.12. The summed E-state index contributed by atoms with van der Waals surface area (Å²) in [6.07, 6.45) is 0.735. The summed E-state index contributed by atoms with van der Waals surface area (Å²) in [7, 11) is 0. The smallest absolute Gasteiger partial charge is 0.274 e. The highest BCUT2D eigenvalue weighted by atomic mass is 16.2. The van der Waals surface area contributed by atoms with Crippen molar-refractivity contribution in [3.8, 4) is 0 Å². The number of anilines is 1. The summed E-state index contributed by atoms with van der Waals surface area (Å²) in [5.41, 5.74) is 3.47. The van der Waals surface area contributed by atoms with E-state index in [-0.39, 0.29) is 23.2 Å². The molecule has 0 aliphatic heterocycles. The number of hydrogen-bond donors (Lipinski definition) is 2. The van der Waals surface area contributed by atoms with Gasteiger partial charge in [-0.1, -0.05) is 62.4 Å². The Morgan fingerprint density at radius 1 is 0.828 bits per heavy atom. The van der Waals surface area contributed by atoms with E-state index in [1.807, 2.05) is 54.6 Å². The van der Waals surface area contributed by atoms with Gasteiger partial charge in [-0.15, -0.1) is 0 Å². The van der Waals surface area contributed by atoms with Crippen molar-refractivity contribution in [2.75, 3.05) is 11.9 Å². The number of hydrogen-bond acceptors (Lipinski definition) is 3. The third kappa shape index (κ3) is 5.75. The standard InChI is InChI=1S/C24H25N3O2/c1-17(2)19-11-13-20(14-12-19)26-24(29)22-10-6-9-21(27-22)23(28)25-16-15-18-7-4-3-5-8-18/h3-14,17H,15-16H2,1-2H3,(H,25,28)(H,26,29). The molecule has 2 aromatic carbocycles. The first kappa shape index (κ1) is 20.3. The lowest BCUT2D eigenvalue weighted by molar-refractivity contribution is 0.0949. The van der Waals surface area contributed by atoms with E-state index in [0.717, 1.165) is 12.0 Å². The molecule has 0 saturated heterocycles. The van der Waals surface area contributed by atoms with Gasteiger partial charge in [0, 0.05) is 12.2 Å². The molecule has 2 N–H and O–H groups in total. The van der Waals surface area contributed by atoms with E-state index in [1.165, 1.54) is 5.56 Å². The van der Waals surface area contributed by atoms with Gasteiger partial charge >= 0.3 is 0 Å². The van der Waals surface area contributed by atoms with Gasteiger partial charge in [-0.25, -0.2) is 4.98 Å². The third-order valence-corrected chi connectivity index (χ3v) is 4.59. The molecule has 0 aliphatic carbocycles. The van der Waals surface area contributed by atoms with Crippen molar-refractivity contribution in [2.24, 2.45) is 0 Å². The molecule has 0 bridgehead atoms. The third-order valence-electron chi connectivity index (χ3n) is 4.59. The molecule has 0 unspecified atom stereocenters. The molecule has 1 heterocycles. The predicted molar refractivity (Wildman–Crippen MR) is 115 cm³/mol. The van der Waals surface area contributed by atoms with E-state index >= 15 is 0 Å². The summed E-state index contributed by atoms with van der Waals surface area (Å²) in [6.45, 7) is 4.74. The fraction of sp³-hybridized carbons (Fsp3) is 0.208. The van der Waals surface area contributed by atoms with Crippen molar-refractivity contribution in [3.05, 3.63) is 95.3 Å². The Balaban J connectivity index is 1.59. The molecule has 0 spiro atoms. The van der Waals surface area contributed by atoms with E-state index in [2.05, 4.69) is 29.5 Å². The van der Waals surface area contributed by atoms with Gasteiger partial charge in [0.2, 0.25) is 0 Å². The Hall–Kier alpha value is -3.47. The normalized spacial score (nSPS) is 10.6. The summed E-state index contributed by atoms with van der Waals surface area (Å²) in [5.74, 6) is -0.211. The lowest BCUT2D eigenvalue weighted by atomic mass is 10.0. The largest absolute Gasteiger partial charge is 0.350 e. The Bertz CT molecular complexity index is 967. The molecule has 0 aliphatic rings. The second-order valence-electron chi connectivity index (χ2n) is 7.13. The first-order valence-electron chi connectivity index (χ1n) is 9.73. The van der Waals surface area contributed by atoms with Gasteiger partial charge in [0.25, 0.3) is 11.8 Å². The SMILES string of the molecule is CC(C)c1ccc(NC(=O)c2cccc(C(=O)NCCc3ccccc3)n2)cc1. The second-order valence-corrected chi connectivity index (χ2v) is 7.13. The van der Waals surface area contributed by atoms with Gasteiger partial charge in [-0.2, -0.15) is 0 Å². The van der Waals surface area contributed by atoms with Crippen molar-refractivity contribution in [1.29, 1.82) is 0 Å². The van der Waals surface area contributed by atoms with Gasteiger partial charge in [0.15, 0.2) is 0 Å². The predicted octanol–water partition coefficient (Wildman–Crippen LogP) is 4.43. The van der Waals surface area contributed by atoms with Gasteiger partial charge in [-0.05, 0) is 47.7 Å². The van der Waals surface area contributed by atoms with Crippen molar-refractivity contribution >= 4 is 17.5 Å². The molecular formula is C24H25N3O2. The van der Waals surface area contributed by atoms with Crippen LogP contribution in [0.3, 0.4) is 0 Å². The van der Waals surface area contributed by atoms with Crippen LogP contribution in [-0.4, -0.2) is 23.3 Å². The summed E-state index contributed by atoms with van der Waals surface area (Å²) >= 11 is 0. The number of carbonyl (C=O) groups excluding carboxylic acids is 2. The summed E-state index contributed by atoms with van der Waals surface area (Å²) < 4.78 is 0. The molecular weight excluding hydrogens is 362 g/mol. The first-order valence-corrected chi connectivity index (χ1v) is 9.73. The van der Waals surface area contributed by atoms with Crippen LogP contribution in [0.5, 0.6) is 0 Å². The number of aromatic nitrogens is 1. The van der Waals surface area contributed by atoms with Crippen molar-refractivity contribution in [2.45, 2.75) is 26.2 Å². The van der Waals surface area contributed by atoms with Crippen molar-refractivity contribution in [3.63, 3.8) is 0 Å². The van der Waals surface area contributed by atoms with Crippen LogP contribution >= 0.6 is 0 Å². The summed E-state index contributed by atoms with van der Waals surface area (Å²) in [6, 6.07) is 22.5. The Labute approximate surface area is 171 Å². The van der Waals surface area contributed by atoms with Gasteiger partial charge in [0.05, 0.1) is 0 Å². The zero-order valence-electron chi connectivity index (χ0n) is 16.7. The minimum atomic E-state index is -0.346. The average Bonchev–Trinajstić information content (AvgIpc) is 2.75. The molecule has 3 rings (SSSR count). The number of nitrogens with one attached hydrogen (secondary N) is 2. The Morgan fingerprint density at radius 3 is 2.14 bits per heavy atom.